The van der Waals surface area contributed by atoms with Crippen molar-refractivity contribution < 1.29 is 9.42 Å². The van der Waals surface area contributed by atoms with Crippen molar-refractivity contribution in [3.63, 3.8) is 0 Å². The maximum atomic E-state index is 5.32. The first-order chi connectivity index (χ1) is 10.1. The smallest absolute Gasteiger partial charge is 0.370 e. The molecular weight excluding hydrogens is 381 g/mol. The Morgan fingerprint density at radius 2 is 1.86 bits per heavy atom. The fraction of sp³-hybridized carbons (Fsp3) is 0.286. The summed E-state index contributed by atoms with van der Waals surface area (Å²) in [6.07, 6.45) is 0. The highest BCUT2D eigenvalue weighted by Crippen LogP contribution is 2.20. The Balaban J connectivity index is 2.13. The molecule has 0 amide bonds. The SMILES string of the molecule is CN(C)c1ccc(N=Nc2ccc(OCI)n[n+]2C)cc1. The van der Waals surface area contributed by atoms with Crippen molar-refractivity contribution in [3.05, 3.63) is 36.4 Å². The number of azo groups is 1. The number of nitrogens with zero attached hydrogens (tertiary/aromatic N) is 5. The summed E-state index contributed by atoms with van der Waals surface area (Å²) in [6.45, 7) is 0. The van der Waals surface area contributed by atoms with Crippen LogP contribution in [0.4, 0.5) is 17.2 Å². The van der Waals surface area contributed by atoms with Crippen LogP contribution in [0.3, 0.4) is 0 Å². The molecular formula is C14H17IN5O+. The molecule has 0 N–H and O–H groups in total. The number of alkyl halides is 1. The standard InChI is InChI=1S/C14H17IN5O/c1-19(2)12-6-4-11(5-7-12)16-17-13-8-9-14(21-10-15)18-20(13)3/h4-9H,10H2,1-3H3/q+1. The van der Waals surface area contributed by atoms with E-state index in [1.165, 1.54) is 0 Å². The summed E-state index contributed by atoms with van der Waals surface area (Å²) in [7, 11) is 5.81. The molecule has 0 unspecified atom stereocenters. The first kappa shape index (κ1) is 15.6. The van der Waals surface area contributed by atoms with Gasteiger partial charge in [-0.25, -0.2) is 0 Å². The minimum Gasteiger partial charge on any atom is -0.465 e. The van der Waals surface area contributed by atoms with E-state index in [4.69, 9.17) is 4.74 Å². The van der Waals surface area contributed by atoms with Gasteiger partial charge in [-0.05, 0) is 57.1 Å². The summed E-state index contributed by atoms with van der Waals surface area (Å²) in [6, 6.07) is 11.5. The van der Waals surface area contributed by atoms with Crippen LogP contribution in [-0.4, -0.2) is 23.8 Å². The molecule has 6 nitrogen and oxygen atoms in total. The van der Waals surface area contributed by atoms with Gasteiger partial charge in [0.2, 0.25) is 0 Å². The van der Waals surface area contributed by atoms with Crippen LogP contribution in [0.15, 0.2) is 46.6 Å². The third-order valence-corrected chi connectivity index (χ3v) is 3.10. The maximum absolute atomic E-state index is 5.32. The van der Waals surface area contributed by atoms with Crippen LogP contribution in [0.2, 0.25) is 0 Å². The van der Waals surface area contributed by atoms with Crippen LogP contribution in [0, 0.1) is 0 Å². The molecule has 2 aromatic rings. The highest BCUT2D eigenvalue weighted by molar-refractivity contribution is 14.1. The van der Waals surface area contributed by atoms with Gasteiger partial charge in [-0.1, -0.05) is 0 Å². The van der Waals surface area contributed by atoms with E-state index in [2.05, 4.69) is 37.9 Å². The van der Waals surface area contributed by atoms with E-state index in [1.54, 1.807) is 10.7 Å². The number of hydrogen-bond acceptors (Lipinski definition) is 5. The molecule has 1 aromatic carbocycles. The molecule has 0 bridgehead atoms. The quantitative estimate of drug-likeness (QED) is 0.337. The zero-order chi connectivity index (χ0) is 15.2. The molecule has 0 saturated carbocycles. The number of ether oxygens (including phenoxy) is 1. The van der Waals surface area contributed by atoms with Crippen molar-refractivity contribution in [1.29, 1.82) is 0 Å². The van der Waals surface area contributed by atoms with Crippen molar-refractivity contribution in [1.82, 2.24) is 5.10 Å². The number of aromatic nitrogens is 2. The third kappa shape index (κ3) is 4.35. The molecule has 2 rings (SSSR count). The van der Waals surface area contributed by atoms with Crippen LogP contribution in [0.1, 0.15) is 0 Å². The van der Waals surface area contributed by atoms with Crippen LogP contribution in [0.25, 0.3) is 0 Å². The summed E-state index contributed by atoms with van der Waals surface area (Å²) in [5.74, 6) is 1.23. The number of rotatable bonds is 5. The van der Waals surface area contributed by atoms with Gasteiger partial charge < -0.3 is 9.64 Å². The van der Waals surface area contributed by atoms with Crippen molar-refractivity contribution >= 4 is 39.8 Å². The van der Waals surface area contributed by atoms with Crippen LogP contribution < -0.4 is 14.3 Å². The molecule has 0 aliphatic rings. The summed E-state index contributed by atoms with van der Waals surface area (Å²) in [4.78, 5) is 2.04. The Hall–Kier alpha value is -1.77. The molecule has 1 aromatic heterocycles. The second-order valence-electron chi connectivity index (χ2n) is 4.52. The molecule has 110 valence electrons. The highest BCUT2D eigenvalue weighted by atomic mass is 127. The molecule has 0 saturated heterocycles. The lowest BCUT2D eigenvalue weighted by Crippen LogP contribution is -2.33. The Morgan fingerprint density at radius 3 is 2.43 bits per heavy atom. The van der Waals surface area contributed by atoms with Gasteiger partial charge in [0.15, 0.2) is 0 Å². The molecule has 0 aliphatic heterocycles. The van der Waals surface area contributed by atoms with Crippen LogP contribution in [0.5, 0.6) is 5.88 Å². The lowest BCUT2D eigenvalue weighted by atomic mass is 10.3. The van der Waals surface area contributed by atoms with Gasteiger partial charge in [0.05, 0.1) is 5.11 Å². The van der Waals surface area contributed by atoms with Crippen molar-refractivity contribution in [2.45, 2.75) is 0 Å². The summed E-state index contributed by atoms with van der Waals surface area (Å²) in [5.41, 5.74) is 1.93. The van der Waals surface area contributed by atoms with Crippen LogP contribution in [-0.2, 0) is 7.05 Å². The second kappa shape index (κ2) is 7.30. The molecule has 21 heavy (non-hydrogen) atoms. The van der Waals surface area contributed by atoms with Crippen molar-refractivity contribution in [3.8, 4) is 5.88 Å². The Morgan fingerprint density at radius 1 is 1.14 bits per heavy atom. The lowest BCUT2D eigenvalue weighted by molar-refractivity contribution is -0.718. The molecule has 0 spiro atoms. The zero-order valence-corrected chi connectivity index (χ0v) is 14.4. The third-order valence-electron chi connectivity index (χ3n) is 2.79. The van der Waals surface area contributed by atoms with Crippen molar-refractivity contribution in [2.75, 3.05) is 23.6 Å². The number of hydrogen-bond donors (Lipinski definition) is 0. The highest BCUT2D eigenvalue weighted by Gasteiger charge is 2.09. The number of halogens is 1. The van der Waals surface area contributed by atoms with Gasteiger partial charge in [0, 0.05) is 31.9 Å². The van der Waals surface area contributed by atoms with E-state index in [0.717, 1.165) is 11.4 Å². The van der Waals surface area contributed by atoms with E-state index in [0.29, 0.717) is 16.3 Å². The monoisotopic (exact) mass is 398 g/mol. The summed E-state index contributed by atoms with van der Waals surface area (Å²) < 4.78 is 7.52. The lowest BCUT2D eigenvalue weighted by Gasteiger charge is -2.11. The van der Waals surface area contributed by atoms with Crippen molar-refractivity contribution in [2.24, 2.45) is 17.3 Å². The maximum Gasteiger partial charge on any atom is 0.370 e. The first-order valence-electron chi connectivity index (χ1n) is 6.35. The van der Waals surface area contributed by atoms with Gasteiger partial charge in [0.25, 0.3) is 5.88 Å². The van der Waals surface area contributed by atoms with Gasteiger partial charge in [0.1, 0.15) is 17.3 Å². The van der Waals surface area contributed by atoms with Gasteiger partial charge in [-0.15, -0.1) is 4.68 Å². The minimum absolute atomic E-state index is 0.559. The Labute approximate surface area is 137 Å². The predicted molar refractivity (Wildman–Crippen MR) is 89.9 cm³/mol. The topological polar surface area (TPSA) is 54.0 Å². The molecule has 0 aliphatic carbocycles. The fourth-order valence-electron chi connectivity index (χ4n) is 1.64. The minimum atomic E-state index is 0.559. The van der Waals surface area contributed by atoms with Gasteiger partial charge in [-0.2, -0.15) is 0 Å². The average Bonchev–Trinajstić information content (AvgIpc) is 2.47. The second-order valence-corrected chi connectivity index (χ2v) is 5.14. The molecule has 1 heterocycles. The number of benzene rings is 1. The van der Waals surface area contributed by atoms with E-state index < -0.39 is 0 Å². The largest absolute Gasteiger partial charge is 0.465 e. The van der Waals surface area contributed by atoms with E-state index in [9.17, 15) is 0 Å². The number of anilines is 1. The number of aryl methyl sites for hydroxylation is 1. The Kier molecular flexibility index (Phi) is 5.43. The Bertz CT molecular complexity index is 628. The fourth-order valence-corrected chi connectivity index (χ4v) is 1.96. The average molecular weight is 398 g/mol. The summed E-state index contributed by atoms with van der Waals surface area (Å²) >= 11 is 2.13. The zero-order valence-electron chi connectivity index (χ0n) is 12.2. The molecule has 0 atom stereocenters. The normalized spacial score (nSPS) is 10.9. The van der Waals surface area contributed by atoms with E-state index in [1.807, 2.05) is 56.4 Å². The molecule has 0 fully saturated rings. The predicted octanol–water partition coefficient (Wildman–Crippen LogP) is 3.16. The van der Waals surface area contributed by atoms with Gasteiger partial charge in [-0.3, -0.25) is 0 Å². The van der Waals surface area contributed by atoms with Gasteiger partial charge >= 0.3 is 5.82 Å². The summed E-state index contributed by atoms with van der Waals surface area (Å²) in [5, 5.41) is 12.7. The van der Waals surface area contributed by atoms with E-state index in [-0.39, 0.29) is 0 Å². The molecule has 7 heteroatoms. The first-order valence-corrected chi connectivity index (χ1v) is 7.88. The molecule has 0 radical (unpaired) electrons. The van der Waals surface area contributed by atoms with E-state index >= 15 is 0 Å². The van der Waals surface area contributed by atoms with Crippen LogP contribution >= 0.6 is 22.6 Å².